The molecule has 0 fully saturated rings. The molecule has 0 bridgehead atoms. The second kappa shape index (κ2) is 11.5. The molecule has 40 heavy (non-hydrogen) atoms. The van der Waals surface area contributed by atoms with Gasteiger partial charge in [0.15, 0.2) is 17.3 Å². The predicted molar refractivity (Wildman–Crippen MR) is 160 cm³/mol. The van der Waals surface area contributed by atoms with Crippen LogP contribution in [-0.4, -0.2) is 12.4 Å². The van der Waals surface area contributed by atoms with Gasteiger partial charge in [-0.15, -0.1) is 0 Å². The zero-order valence-electron chi connectivity index (χ0n) is 22.3. The van der Waals surface area contributed by atoms with E-state index >= 15 is 0 Å². The molecule has 0 amide bonds. The summed E-state index contributed by atoms with van der Waals surface area (Å²) in [5.41, 5.74) is 6.81. The molecule has 0 aromatic heterocycles. The van der Waals surface area contributed by atoms with E-state index in [0.29, 0.717) is 36.2 Å². The predicted octanol–water partition coefficient (Wildman–Crippen LogP) is 8.30. The van der Waals surface area contributed by atoms with Crippen LogP contribution in [0.5, 0.6) is 11.5 Å². The summed E-state index contributed by atoms with van der Waals surface area (Å²) in [5, 5.41) is 7.97. The summed E-state index contributed by atoms with van der Waals surface area (Å²) in [4.78, 5) is 13.9. The smallest absolute Gasteiger partial charge is 0.163 e. The highest BCUT2D eigenvalue weighted by Crippen LogP contribution is 2.45. The van der Waals surface area contributed by atoms with E-state index in [-0.39, 0.29) is 17.7 Å². The number of anilines is 2. The minimum Gasteiger partial charge on any atom is -0.490 e. The first-order valence-electron chi connectivity index (χ1n) is 13.7. The van der Waals surface area contributed by atoms with Gasteiger partial charge in [-0.3, -0.25) is 4.79 Å². The quantitative estimate of drug-likeness (QED) is 0.242. The minimum absolute atomic E-state index is 0.133. The van der Waals surface area contributed by atoms with Gasteiger partial charge in [0.25, 0.3) is 0 Å². The van der Waals surface area contributed by atoms with Gasteiger partial charge in [-0.2, -0.15) is 0 Å². The number of ketones is 1. The summed E-state index contributed by atoms with van der Waals surface area (Å²) < 4.78 is 12.2. The van der Waals surface area contributed by atoms with Crippen molar-refractivity contribution >= 4 is 28.8 Å². The van der Waals surface area contributed by atoms with E-state index in [1.54, 1.807) is 0 Å². The van der Waals surface area contributed by atoms with Crippen molar-refractivity contribution in [3.05, 3.63) is 130 Å². The van der Waals surface area contributed by atoms with E-state index in [1.165, 1.54) is 5.56 Å². The number of fused-ring (bicyclic) bond motifs is 1. The Labute approximate surface area is 239 Å². The molecule has 202 valence electrons. The molecule has 0 saturated heterocycles. The average molecular weight is 551 g/mol. The highest BCUT2D eigenvalue weighted by atomic mass is 35.5. The molecule has 2 aliphatic rings. The summed E-state index contributed by atoms with van der Waals surface area (Å²) >= 11 is 6.03. The summed E-state index contributed by atoms with van der Waals surface area (Å²) in [6.07, 6.45) is 1.23. The summed E-state index contributed by atoms with van der Waals surface area (Å²) in [5.74, 6) is 1.58. The molecule has 1 aliphatic heterocycles. The number of allylic oxidation sites excluding steroid dienone is 1. The van der Waals surface area contributed by atoms with Gasteiger partial charge in [-0.25, -0.2) is 0 Å². The fraction of sp³-hybridized carbons (Fsp3) is 0.206. The number of Topliss-reactive ketones (excluding diaryl/α,β-unsaturated/α-hetero) is 1. The van der Waals surface area contributed by atoms with Crippen LogP contribution >= 0.6 is 11.6 Å². The first-order chi connectivity index (χ1) is 19.6. The van der Waals surface area contributed by atoms with Gasteiger partial charge < -0.3 is 20.1 Å². The average Bonchev–Trinajstić information content (AvgIpc) is 3.15. The molecule has 4 aromatic rings. The Hall–Kier alpha value is -4.22. The van der Waals surface area contributed by atoms with Crippen molar-refractivity contribution in [2.75, 3.05) is 17.2 Å². The standard InChI is InChI=1S/C34H31ClN2O3/c1-2-39-32-20-24(14-17-31(32)40-21-22-12-15-26(35)16-13-22)34-33-29(36-27-10-6-7-11-28(27)37-34)18-25(19-30(33)38)23-8-4-3-5-9-23/h3-17,20,25,34,36-37H,2,18-19,21H2,1H3/t25-,34+/m1/s1. The highest BCUT2D eigenvalue weighted by molar-refractivity contribution is 6.30. The number of para-hydroxylation sites is 2. The third-order valence-corrected chi connectivity index (χ3v) is 7.74. The van der Waals surface area contributed by atoms with Crippen molar-refractivity contribution in [2.45, 2.75) is 38.3 Å². The van der Waals surface area contributed by atoms with Crippen LogP contribution in [0.1, 0.15) is 48.4 Å². The Kier molecular flexibility index (Phi) is 7.47. The Bertz CT molecular complexity index is 1550. The van der Waals surface area contributed by atoms with Crippen molar-refractivity contribution in [3.8, 4) is 11.5 Å². The van der Waals surface area contributed by atoms with Crippen LogP contribution in [-0.2, 0) is 11.4 Å². The van der Waals surface area contributed by atoms with Gasteiger partial charge in [0.1, 0.15) is 6.61 Å². The number of nitrogens with one attached hydrogen (secondary N) is 2. The number of rotatable bonds is 7. The SMILES string of the molecule is CCOc1cc([C@@H]2Nc3ccccc3NC3=C2C(=O)C[C@H](c2ccccc2)C3)ccc1OCc1ccc(Cl)cc1. The number of carbonyl (C=O) groups excluding carboxylic acids is 1. The fourth-order valence-electron chi connectivity index (χ4n) is 5.54. The van der Waals surface area contributed by atoms with Gasteiger partial charge >= 0.3 is 0 Å². The van der Waals surface area contributed by atoms with Crippen molar-refractivity contribution in [2.24, 2.45) is 0 Å². The summed E-state index contributed by atoms with van der Waals surface area (Å²) in [6, 6.07) is 31.6. The second-order valence-corrected chi connectivity index (χ2v) is 10.6. The van der Waals surface area contributed by atoms with E-state index in [1.807, 2.05) is 91.9 Å². The molecule has 2 atom stereocenters. The highest BCUT2D eigenvalue weighted by Gasteiger charge is 2.36. The lowest BCUT2D eigenvalue weighted by molar-refractivity contribution is -0.116. The monoisotopic (exact) mass is 550 g/mol. The zero-order chi connectivity index (χ0) is 27.5. The van der Waals surface area contributed by atoms with Crippen LogP contribution < -0.4 is 20.1 Å². The van der Waals surface area contributed by atoms with E-state index in [4.69, 9.17) is 21.1 Å². The molecule has 6 heteroatoms. The third-order valence-electron chi connectivity index (χ3n) is 7.49. The molecule has 1 aliphatic carbocycles. The maximum absolute atomic E-state index is 13.9. The van der Waals surface area contributed by atoms with E-state index in [9.17, 15) is 4.79 Å². The lowest BCUT2D eigenvalue weighted by atomic mass is 9.78. The fourth-order valence-corrected chi connectivity index (χ4v) is 5.66. The molecule has 6 rings (SSSR count). The molecular weight excluding hydrogens is 520 g/mol. The number of hydrogen-bond acceptors (Lipinski definition) is 5. The summed E-state index contributed by atoms with van der Waals surface area (Å²) in [6.45, 7) is 2.84. The van der Waals surface area contributed by atoms with E-state index in [2.05, 4.69) is 22.8 Å². The number of carbonyl (C=O) groups is 1. The number of ether oxygens (including phenoxy) is 2. The third kappa shape index (κ3) is 5.43. The lowest BCUT2D eigenvalue weighted by Crippen LogP contribution is -2.26. The van der Waals surface area contributed by atoms with Crippen molar-refractivity contribution in [1.82, 2.24) is 0 Å². The van der Waals surface area contributed by atoms with Gasteiger partial charge in [-0.05, 0) is 72.4 Å². The number of benzene rings is 4. The topological polar surface area (TPSA) is 59.6 Å². The Morgan fingerprint density at radius 2 is 1.55 bits per heavy atom. The van der Waals surface area contributed by atoms with Crippen molar-refractivity contribution in [3.63, 3.8) is 0 Å². The Morgan fingerprint density at radius 3 is 2.33 bits per heavy atom. The van der Waals surface area contributed by atoms with E-state index < -0.39 is 0 Å². The molecule has 5 nitrogen and oxygen atoms in total. The number of halogens is 1. The minimum atomic E-state index is -0.333. The van der Waals surface area contributed by atoms with Crippen LogP contribution in [0.4, 0.5) is 11.4 Å². The maximum atomic E-state index is 13.9. The van der Waals surface area contributed by atoms with Gasteiger partial charge in [0.05, 0.1) is 24.0 Å². The normalized spacial score (nSPS) is 18.1. The van der Waals surface area contributed by atoms with Gasteiger partial charge in [-0.1, -0.05) is 72.3 Å². The van der Waals surface area contributed by atoms with Crippen LogP contribution in [0, 0.1) is 0 Å². The van der Waals surface area contributed by atoms with E-state index in [0.717, 1.165) is 40.2 Å². The van der Waals surface area contributed by atoms with Gasteiger partial charge in [0, 0.05) is 22.7 Å². The van der Waals surface area contributed by atoms with Crippen LogP contribution in [0.2, 0.25) is 5.02 Å². The molecule has 0 radical (unpaired) electrons. The Balaban J connectivity index is 1.36. The molecule has 0 unspecified atom stereocenters. The van der Waals surface area contributed by atoms with Crippen molar-refractivity contribution < 1.29 is 14.3 Å². The number of hydrogen-bond donors (Lipinski definition) is 2. The zero-order valence-corrected chi connectivity index (χ0v) is 23.1. The first kappa shape index (κ1) is 26.0. The first-order valence-corrected chi connectivity index (χ1v) is 14.0. The maximum Gasteiger partial charge on any atom is 0.163 e. The molecule has 4 aromatic carbocycles. The lowest BCUT2D eigenvalue weighted by Gasteiger charge is -2.30. The second-order valence-electron chi connectivity index (χ2n) is 10.1. The molecule has 2 N–H and O–H groups in total. The molecular formula is C34H31ClN2O3. The van der Waals surface area contributed by atoms with Gasteiger partial charge in [0.2, 0.25) is 0 Å². The van der Waals surface area contributed by atoms with Crippen LogP contribution in [0.15, 0.2) is 108 Å². The van der Waals surface area contributed by atoms with Crippen LogP contribution in [0.25, 0.3) is 0 Å². The molecule has 1 heterocycles. The molecule has 0 spiro atoms. The summed E-state index contributed by atoms with van der Waals surface area (Å²) in [7, 11) is 0. The van der Waals surface area contributed by atoms with Crippen LogP contribution in [0.3, 0.4) is 0 Å². The Morgan fingerprint density at radius 1 is 0.800 bits per heavy atom. The molecule has 0 saturated carbocycles. The van der Waals surface area contributed by atoms with Crippen molar-refractivity contribution in [1.29, 1.82) is 0 Å². The largest absolute Gasteiger partial charge is 0.490 e.